The van der Waals surface area contributed by atoms with Crippen LogP contribution >= 0.6 is 11.8 Å². The zero-order valence-corrected chi connectivity index (χ0v) is 11.3. The maximum Gasteiger partial charge on any atom is 0.220 e. The van der Waals surface area contributed by atoms with E-state index >= 15 is 0 Å². The Kier molecular flexibility index (Phi) is 6.74. The molecule has 1 aromatic carbocycles. The third-order valence-electron chi connectivity index (χ3n) is 2.22. The molecule has 94 valence electrons. The van der Waals surface area contributed by atoms with Crippen molar-refractivity contribution in [2.75, 3.05) is 32.9 Å². The number of carbonyl (C=O) groups excluding carboxylic acids is 1. The molecule has 0 aliphatic rings. The van der Waals surface area contributed by atoms with Gasteiger partial charge in [0.1, 0.15) is 0 Å². The average molecular weight is 252 g/mol. The molecule has 1 amide bonds. The summed E-state index contributed by atoms with van der Waals surface area (Å²) in [6, 6.07) is 10.2. The standard InChI is InChI=1S/C13H20N2OS/c1-15(2)10-9-14-13(16)8-11-17-12-6-4-3-5-7-12/h3-7H,8-11H2,1-2H3,(H,14,16). The predicted octanol–water partition coefficient (Wildman–Crippen LogP) is 1.85. The van der Waals surface area contributed by atoms with Crippen LogP contribution in [0.5, 0.6) is 0 Å². The van der Waals surface area contributed by atoms with Crippen molar-refractivity contribution in [1.29, 1.82) is 0 Å². The number of hydrogen-bond acceptors (Lipinski definition) is 3. The summed E-state index contributed by atoms with van der Waals surface area (Å²) in [5.41, 5.74) is 0. The van der Waals surface area contributed by atoms with Gasteiger partial charge in [-0.1, -0.05) is 18.2 Å². The second kappa shape index (κ2) is 8.14. The topological polar surface area (TPSA) is 32.3 Å². The zero-order valence-electron chi connectivity index (χ0n) is 10.5. The van der Waals surface area contributed by atoms with Crippen LogP contribution in [0.1, 0.15) is 6.42 Å². The SMILES string of the molecule is CN(C)CCNC(=O)CCSc1ccccc1. The molecule has 0 fully saturated rings. The first-order valence-corrected chi connectivity index (χ1v) is 6.76. The number of amides is 1. The second-order valence-electron chi connectivity index (χ2n) is 4.06. The summed E-state index contributed by atoms with van der Waals surface area (Å²) in [6.45, 7) is 1.61. The lowest BCUT2D eigenvalue weighted by atomic mass is 10.4. The van der Waals surface area contributed by atoms with Crippen LogP contribution in [-0.4, -0.2) is 43.7 Å². The molecular weight excluding hydrogens is 232 g/mol. The van der Waals surface area contributed by atoms with E-state index in [-0.39, 0.29) is 5.91 Å². The molecule has 0 bridgehead atoms. The molecule has 0 unspecified atom stereocenters. The van der Waals surface area contributed by atoms with Crippen LogP contribution in [0.4, 0.5) is 0 Å². The van der Waals surface area contributed by atoms with Crippen LogP contribution in [0.2, 0.25) is 0 Å². The van der Waals surface area contributed by atoms with E-state index in [9.17, 15) is 4.79 Å². The lowest BCUT2D eigenvalue weighted by molar-refractivity contribution is -0.120. The molecule has 0 heterocycles. The van der Waals surface area contributed by atoms with E-state index in [4.69, 9.17) is 0 Å². The maximum absolute atomic E-state index is 11.5. The van der Waals surface area contributed by atoms with E-state index in [1.54, 1.807) is 11.8 Å². The summed E-state index contributed by atoms with van der Waals surface area (Å²) in [5, 5.41) is 2.91. The Balaban J connectivity index is 2.08. The summed E-state index contributed by atoms with van der Waals surface area (Å²) in [6.07, 6.45) is 0.576. The lowest BCUT2D eigenvalue weighted by Gasteiger charge is -2.10. The highest BCUT2D eigenvalue weighted by Crippen LogP contribution is 2.17. The van der Waals surface area contributed by atoms with Crippen molar-refractivity contribution >= 4 is 17.7 Å². The fourth-order valence-corrected chi connectivity index (χ4v) is 2.16. The van der Waals surface area contributed by atoms with E-state index in [2.05, 4.69) is 22.3 Å². The minimum Gasteiger partial charge on any atom is -0.355 e. The molecule has 3 nitrogen and oxygen atoms in total. The highest BCUT2D eigenvalue weighted by Gasteiger charge is 2.01. The van der Waals surface area contributed by atoms with Gasteiger partial charge >= 0.3 is 0 Å². The van der Waals surface area contributed by atoms with E-state index in [0.29, 0.717) is 6.42 Å². The highest BCUT2D eigenvalue weighted by atomic mass is 32.2. The summed E-state index contributed by atoms with van der Waals surface area (Å²) in [5.74, 6) is 0.966. The van der Waals surface area contributed by atoms with Gasteiger partial charge in [0.25, 0.3) is 0 Å². The molecule has 0 atom stereocenters. The maximum atomic E-state index is 11.5. The molecule has 0 aromatic heterocycles. The van der Waals surface area contributed by atoms with Gasteiger partial charge in [0.15, 0.2) is 0 Å². The van der Waals surface area contributed by atoms with Gasteiger partial charge < -0.3 is 10.2 Å². The molecule has 0 radical (unpaired) electrons. The Labute approximate surface area is 108 Å². The number of nitrogens with one attached hydrogen (secondary N) is 1. The Morgan fingerprint density at radius 2 is 2.00 bits per heavy atom. The van der Waals surface area contributed by atoms with Crippen LogP contribution in [0.15, 0.2) is 35.2 Å². The number of nitrogens with zero attached hydrogens (tertiary/aromatic N) is 1. The van der Waals surface area contributed by atoms with Crippen LogP contribution in [0, 0.1) is 0 Å². The predicted molar refractivity (Wildman–Crippen MR) is 73.3 cm³/mol. The molecule has 0 saturated heterocycles. The molecule has 1 N–H and O–H groups in total. The summed E-state index contributed by atoms with van der Waals surface area (Å²) in [7, 11) is 3.99. The minimum absolute atomic E-state index is 0.135. The Bertz CT molecular complexity index is 327. The number of rotatable bonds is 7. The molecule has 0 aliphatic carbocycles. The molecule has 0 spiro atoms. The van der Waals surface area contributed by atoms with Crippen molar-refractivity contribution in [2.45, 2.75) is 11.3 Å². The fraction of sp³-hybridized carbons (Fsp3) is 0.462. The van der Waals surface area contributed by atoms with Crippen LogP contribution in [-0.2, 0) is 4.79 Å². The normalized spacial score (nSPS) is 10.5. The first-order chi connectivity index (χ1) is 8.18. The average Bonchev–Trinajstić information content (AvgIpc) is 2.30. The van der Waals surface area contributed by atoms with E-state index < -0.39 is 0 Å². The second-order valence-corrected chi connectivity index (χ2v) is 5.23. The number of thioether (sulfide) groups is 1. The van der Waals surface area contributed by atoms with Gasteiger partial charge in [0, 0.05) is 30.2 Å². The summed E-state index contributed by atoms with van der Waals surface area (Å²) in [4.78, 5) is 14.7. The molecule has 0 aliphatic heterocycles. The van der Waals surface area contributed by atoms with E-state index in [0.717, 1.165) is 18.8 Å². The van der Waals surface area contributed by atoms with Gasteiger partial charge in [-0.05, 0) is 26.2 Å². The molecular formula is C13H20N2OS. The minimum atomic E-state index is 0.135. The van der Waals surface area contributed by atoms with Crippen molar-refractivity contribution in [3.63, 3.8) is 0 Å². The molecule has 1 rings (SSSR count). The Hall–Kier alpha value is -1.00. The molecule has 1 aromatic rings. The number of likely N-dealkylation sites (N-methyl/N-ethyl adjacent to an activating group) is 1. The van der Waals surface area contributed by atoms with Crippen molar-refractivity contribution < 1.29 is 4.79 Å². The van der Waals surface area contributed by atoms with Crippen LogP contribution in [0.25, 0.3) is 0 Å². The molecule has 17 heavy (non-hydrogen) atoms. The van der Waals surface area contributed by atoms with E-state index in [1.165, 1.54) is 4.90 Å². The van der Waals surface area contributed by atoms with Crippen LogP contribution < -0.4 is 5.32 Å². The highest BCUT2D eigenvalue weighted by molar-refractivity contribution is 7.99. The third kappa shape index (κ3) is 7.02. The number of hydrogen-bond donors (Lipinski definition) is 1. The van der Waals surface area contributed by atoms with Crippen molar-refractivity contribution in [2.24, 2.45) is 0 Å². The quantitative estimate of drug-likeness (QED) is 0.752. The van der Waals surface area contributed by atoms with Gasteiger partial charge in [-0.3, -0.25) is 4.79 Å². The van der Waals surface area contributed by atoms with Crippen molar-refractivity contribution in [3.8, 4) is 0 Å². The largest absolute Gasteiger partial charge is 0.355 e. The summed E-state index contributed by atoms with van der Waals surface area (Å²) >= 11 is 1.72. The van der Waals surface area contributed by atoms with Crippen molar-refractivity contribution in [3.05, 3.63) is 30.3 Å². The van der Waals surface area contributed by atoms with Crippen LogP contribution in [0.3, 0.4) is 0 Å². The smallest absolute Gasteiger partial charge is 0.220 e. The lowest BCUT2D eigenvalue weighted by Crippen LogP contribution is -2.31. The Morgan fingerprint density at radius 3 is 2.65 bits per heavy atom. The number of benzene rings is 1. The fourth-order valence-electron chi connectivity index (χ4n) is 1.29. The van der Waals surface area contributed by atoms with Crippen molar-refractivity contribution in [1.82, 2.24) is 10.2 Å². The van der Waals surface area contributed by atoms with Gasteiger partial charge in [0.2, 0.25) is 5.91 Å². The molecule has 4 heteroatoms. The Morgan fingerprint density at radius 1 is 1.29 bits per heavy atom. The van der Waals surface area contributed by atoms with E-state index in [1.807, 2.05) is 32.3 Å². The summed E-state index contributed by atoms with van der Waals surface area (Å²) < 4.78 is 0. The van der Waals surface area contributed by atoms with Gasteiger partial charge in [0.05, 0.1) is 0 Å². The van der Waals surface area contributed by atoms with Gasteiger partial charge in [-0.15, -0.1) is 11.8 Å². The first kappa shape index (κ1) is 14.1. The molecule has 0 saturated carbocycles. The number of carbonyl (C=O) groups is 1. The first-order valence-electron chi connectivity index (χ1n) is 5.78. The third-order valence-corrected chi connectivity index (χ3v) is 3.24. The zero-order chi connectivity index (χ0) is 12.5. The van der Waals surface area contributed by atoms with Gasteiger partial charge in [-0.25, -0.2) is 0 Å². The monoisotopic (exact) mass is 252 g/mol. The van der Waals surface area contributed by atoms with Gasteiger partial charge in [-0.2, -0.15) is 0 Å².